The molecule has 1 aromatic carbocycles. The molecule has 0 saturated heterocycles. The fraction of sp³-hybridized carbons (Fsp3) is 0.500. The quantitative estimate of drug-likeness (QED) is 0.464. The van der Waals surface area contributed by atoms with Crippen molar-refractivity contribution in [3.05, 3.63) is 35.4 Å². The molecule has 1 saturated carbocycles. The maximum absolute atomic E-state index is 12.4. The number of nitrogens with two attached hydrogens (primary N) is 1. The average molecular weight is 414 g/mol. The van der Waals surface area contributed by atoms with Crippen LogP contribution in [0.4, 0.5) is 0 Å². The summed E-state index contributed by atoms with van der Waals surface area (Å²) in [5.74, 6) is 0.698. The van der Waals surface area contributed by atoms with Crippen LogP contribution in [0.15, 0.2) is 29.3 Å². The number of amides is 1. The van der Waals surface area contributed by atoms with Crippen molar-refractivity contribution >= 4 is 35.8 Å². The van der Waals surface area contributed by atoms with Gasteiger partial charge in [0.15, 0.2) is 5.96 Å². The number of halogens is 1. The van der Waals surface area contributed by atoms with E-state index in [2.05, 4.69) is 4.99 Å². The molecule has 120 valence electrons. The lowest BCUT2D eigenvalue weighted by Crippen LogP contribution is -2.40. The van der Waals surface area contributed by atoms with Gasteiger partial charge in [0.1, 0.15) is 0 Å². The van der Waals surface area contributed by atoms with E-state index < -0.39 is 0 Å². The molecule has 0 spiro atoms. The first-order chi connectivity index (χ1) is 10.2. The number of aliphatic imine (C=N–C) groups is 1. The summed E-state index contributed by atoms with van der Waals surface area (Å²) in [6, 6.07) is 8.41. The van der Waals surface area contributed by atoms with Gasteiger partial charge >= 0.3 is 0 Å². The summed E-state index contributed by atoms with van der Waals surface area (Å²) in [7, 11) is 1.98. The molecule has 2 aliphatic rings. The zero-order valence-electron chi connectivity index (χ0n) is 12.9. The van der Waals surface area contributed by atoms with E-state index in [4.69, 9.17) is 5.73 Å². The summed E-state index contributed by atoms with van der Waals surface area (Å²) in [4.78, 5) is 20.7. The van der Waals surface area contributed by atoms with Crippen molar-refractivity contribution in [2.75, 3.05) is 26.7 Å². The first kappa shape index (κ1) is 17.1. The summed E-state index contributed by atoms with van der Waals surface area (Å²) < 4.78 is 0. The fourth-order valence-corrected chi connectivity index (χ4v) is 2.73. The van der Waals surface area contributed by atoms with E-state index >= 15 is 0 Å². The summed E-state index contributed by atoms with van der Waals surface area (Å²) >= 11 is 0. The molecular weight excluding hydrogens is 391 g/mol. The normalized spacial score (nSPS) is 17.8. The molecule has 0 radical (unpaired) electrons. The standard InChI is InChI=1S/C16H22N4O.HI/c1-19(13-6-7-13)16(17)18-9-11-20-10-8-12-4-2-3-5-14(12)15(20)21;/h2-5,13H,6-11H2,1H3,(H2,17,18);1H. The highest BCUT2D eigenvalue weighted by molar-refractivity contribution is 14.0. The Bertz CT molecular complexity index is 571. The predicted octanol–water partition coefficient (Wildman–Crippen LogP) is 1.71. The number of rotatable bonds is 4. The minimum absolute atomic E-state index is 0. The Morgan fingerprint density at radius 1 is 1.41 bits per heavy atom. The minimum atomic E-state index is 0. The van der Waals surface area contributed by atoms with Crippen LogP contribution in [0.3, 0.4) is 0 Å². The number of nitrogens with zero attached hydrogens (tertiary/aromatic N) is 3. The molecule has 0 bridgehead atoms. The first-order valence-corrected chi connectivity index (χ1v) is 7.57. The van der Waals surface area contributed by atoms with Crippen LogP contribution in [0.2, 0.25) is 0 Å². The van der Waals surface area contributed by atoms with E-state index in [9.17, 15) is 4.79 Å². The highest BCUT2D eigenvalue weighted by atomic mass is 127. The van der Waals surface area contributed by atoms with Crippen molar-refractivity contribution in [3.63, 3.8) is 0 Å². The predicted molar refractivity (Wildman–Crippen MR) is 98.7 cm³/mol. The molecule has 0 unspecified atom stereocenters. The lowest BCUT2D eigenvalue weighted by Gasteiger charge is -2.28. The summed E-state index contributed by atoms with van der Waals surface area (Å²) in [5, 5.41) is 0. The van der Waals surface area contributed by atoms with Gasteiger partial charge in [-0.2, -0.15) is 0 Å². The van der Waals surface area contributed by atoms with E-state index in [0.29, 0.717) is 25.1 Å². The van der Waals surface area contributed by atoms with Crippen LogP contribution in [0.5, 0.6) is 0 Å². The molecule has 1 aromatic rings. The van der Waals surface area contributed by atoms with Crippen molar-refractivity contribution in [3.8, 4) is 0 Å². The molecule has 1 heterocycles. The second-order valence-electron chi connectivity index (χ2n) is 5.78. The third-order valence-electron chi connectivity index (χ3n) is 4.29. The number of hydrogen-bond acceptors (Lipinski definition) is 2. The molecule has 1 fully saturated rings. The van der Waals surface area contributed by atoms with Crippen molar-refractivity contribution < 1.29 is 4.79 Å². The maximum atomic E-state index is 12.4. The van der Waals surface area contributed by atoms with Crippen molar-refractivity contribution in [2.24, 2.45) is 10.7 Å². The first-order valence-electron chi connectivity index (χ1n) is 7.57. The number of carbonyl (C=O) groups is 1. The number of benzene rings is 1. The van der Waals surface area contributed by atoms with Crippen molar-refractivity contribution in [1.29, 1.82) is 0 Å². The fourth-order valence-electron chi connectivity index (χ4n) is 2.73. The molecule has 6 heteroatoms. The lowest BCUT2D eigenvalue weighted by atomic mass is 9.99. The number of carbonyl (C=O) groups excluding carboxylic acids is 1. The van der Waals surface area contributed by atoms with E-state index in [1.165, 1.54) is 12.8 Å². The SMILES string of the molecule is CN(C(N)=NCCN1CCc2ccccc2C1=O)C1CC1.I. The van der Waals surface area contributed by atoms with E-state index in [-0.39, 0.29) is 29.9 Å². The largest absolute Gasteiger partial charge is 0.370 e. The zero-order chi connectivity index (χ0) is 14.8. The highest BCUT2D eigenvalue weighted by Crippen LogP contribution is 2.24. The third-order valence-corrected chi connectivity index (χ3v) is 4.29. The van der Waals surface area contributed by atoms with Crippen LogP contribution in [-0.2, 0) is 6.42 Å². The number of guanidine groups is 1. The molecule has 22 heavy (non-hydrogen) atoms. The molecule has 2 N–H and O–H groups in total. The molecule has 1 amide bonds. The van der Waals surface area contributed by atoms with E-state index in [1.54, 1.807) is 0 Å². The summed E-state index contributed by atoms with van der Waals surface area (Å²) in [6.07, 6.45) is 3.32. The Morgan fingerprint density at radius 3 is 2.86 bits per heavy atom. The van der Waals surface area contributed by atoms with Gasteiger partial charge < -0.3 is 15.5 Å². The average Bonchev–Trinajstić information content (AvgIpc) is 3.33. The second kappa shape index (κ2) is 7.30. The number of fused-ring (bicyclic) bond motifs is 1. The van der Waals surface area contributed by atoms with Gasteiger partial charge in [0.2, 0.25) is 0 Å². The van der Waals surface area contributed by atoms with Crippen molar-refractivity contribution in [1.82, 2.24) is 9.80 Å². The molecular formula is C16H23IN4O. The van der Waals surface area contributed by atoms with Gasteiger partial charge in [0.05, 0.1) is 6.54 Å². The van der Waals surface area contributed by atoms with E-state index in [1.807, 2.05) is 41.1 Å². The zero-order valence-corrected chi connectivity index (χ0v) is 15.2. The molecule has 1 aliphatic carbocycles. The Kier molecular flexibility index (Phi) is 5.66. The Hall–Kier alpha value is -1.31. The molecule has 5 nitrogen and oxygen atoms in total. The maximum Gasteiger partial charge on any atom is 0.254 e. The molecule has 0 atom stereocenters. The molecule has 1 aliphatic heterocycles. The Balaban J connectivity index is 0.00000176. The van der Waals surface area contributed by atoms with Crippen LogP contribution in [-0.4, -0.2) is 54.4 Å². The summed E-state index contributed by atoms with van der Waals surface area (Å²) in [5.41, 5.74) is 7.94. The lowest BCUT2D eigenvalue weighted by molar-refractivity contribution is 0.0745. The minimum Gasteiger partial charge on any atom is -0.370 e. The Labute approximate surface area is 148 Å². The van der Waals surface area contributed by atoms with Gasteiger partial charge in [-0.15, -0.1) is 24.0 Å². The monoisotopic (exact) mass is 414 g/mol. The summed E-state index contributed by atoms with van der Waals surface area (Å²) in [6.45, 7) is 1.97. The van der Waals surface area contributed by atoms with Crippen molar-refractivity contribution in [2.45, 2.75) is 25.3 Å². The van der Waals surface area contributed by atoms with Gasteiger partial charge in [-0.3, -0.25) is 9.79 Å². The van der Waals surface area contributed by atoms with Gasteiger partial charge in [-0.25, -0.2) is 0 Å². The van der Waals surface area contributed by atoms with E-state index in [0.717, 1.165) is 24.1 Å². The smallest absolute Gasteiger partial charge is 0.254 e. The van der Waals surface area contributed by atoms with Gasteiger partial charge in [0, 0.05) is 31.7 Å². The second-order valence-corrected chi connectivity index (χ2v) is 5.78. The van der Waals surface area contributed by atoms with Gasteiger partial charge in [-0.1, -0.05) is 18.2 Å². The topological polar surface area (TPSA) is 61.9 Å². The van der Waals surface area contributed by atoms with Crippen LogP contribution < -0.4 is 5.73 Å². The highest BCUT2D eigenvalue weighted by Gasteiger charge is 2.27. The van der Waals surface area contributed by atoms with Gasteiger partial charge in [-0.05, 0) is 30.9 Å². The molecule has 3 rings (SSSR count). The van der Waals surface area contributed by atoms with Crippen LogP contribution in [0.1, 0.15) is 28.8 Å². The number of hydrogen-bond donors (Lipinski definition) is 1. The van der Waals surface area contributed by atoms with Gasteiger partial charge in [0.25, 0.3) is 5.91 Å². The van der Waals surface area contributed by atoms with Crippen LogP contribution in [0.25, 0.3) is 0 Å². The van der Waals surface area contributed by atoms with Crippen LogP contribution in [0, 0.1) is 0 Å². The molecule has 0 aromatic heterocycles. The third kappa shape index (κ3) is 3.71. The van der Waals surface area contributed by atoms with Crippen LogP contribution >= 0.6 is 24.0 Å². The Morgan fingerprint density at radius 2 is 2.14 bits per heavy atom.